The third-order valence-corrected chi connectivity index (χ3v) is 3.82. The van der Waals surface area contributed by atoms with Gasteiger partial charge in [-0.3, -0.25) is 0 Å². The molecule has 90 valence electrons. The molecule has 0 spiro atoms. The Bertz CT molecular complexity index is 477. The third kappa shape index (κ3) is 2.93. The first-order chi connectivity index (χ1) is 8.20. The molecule has 0 saturated heterocycles. The molecule has 2 aromatic rings. The molecule has 0 saturated carbocycles. The summed E-state index contributed by atoms with van der Waals surface area (Å²) in [6.45, 7) is 4.31. The zero-order valence-electron chi connectivity index (χ0n) is 10.5. The van der Waals surface area contributed by atoms with Crippen molar-refractivity contribution in [3.8, 4) is 0 Å². The fraction of sp³-hybridized carbons (Fsp3) is 0.357. The maximum Gasteiger partial charge on any atom is 0.0943 e. The van der Waals surface area contributed by atoms with Crippen LogP contribution in [0.4, 0.5) is 0 Å². The van der Waals surface area contributed by atoms with E-state index in [1.807, 2.05) is 18.6 Å². The van der Waals surface area contributed by atoms with E-state index >= 15 is 0 Å². The summed E-state index contributed by atoms with van der Waals surface area (Å²) in [4.78, 5) is 4.36. The molecule has 17 heavy (non-hydrogen) atoms. The van der Waals surface area contributed by atoms with E-state index < -0.39 is 0 Å². The molecular formula is C14H18N2S. The lowest BCUT2D eigenvalue weighted by Gasteiger charge is -2.18. The van der Waals surface area contributed by atoms with E-state index in [0.29, 0.717) is 6.04 Å². The highest BCUT2D eigenvalue weighted by atomic mass is 32.1. The van der Waals surface area contributed by atoms with Crippen LogP contribution in [0.3, 0.4) is 0 Å². The fourth-order valence-corrected chi connectivity index (χ4v) is 2.69. The van der Waals surface area contributed by atoms with Crippen molar-refractivity contribution in [2.24, 2.45) is 0 Å². The highest BCUT2D eigenvalue weighted by Crippen LogP contribution is 2.23. The van der Waals surface area contributed by atoms with Crippen molar-refractivity contribution in [2.75, 3.05) is 7.05 Å². The third-order valence-electron chi connectivity index (χ3n) is 3.02. The summed E-state index contributed by atoms with van der Waals surface area (Å²) in [6, 6.07) is 6.97. The first kappa shape index (κ1) is 12.3. The number of aryl methyl sites for hydroxylation is 2. The molecule has 0 aliphatic heterocycles. The smallest absolute Gasteiger partial charge is 0.0943 e. The van der Waals surface area contributed by atoms with E-state index in [4.69, 9.17) is 0 Å². The van der Waals surface area contributed by atoms with Crippen LogP contribution in [-0.4, -0.2) is 12.0 Å². The minimum absolute atomic E-state index is 0.348. The Balaban J connectivity index is 2.25. The summed E-state index contributed by atoms with van der Waals surface area (Å²) in [7, 11) is 2.01. The SMILES string of the molecule is CNC(Cc1nccs1)c1cc(C)ccc1C. The first-order valence-corrected chi connectivity index (χ1v) is 6.71. The highest BCUT2D eigenvalue weighted by molar-refractivity contribution is 7.09. The zero-order chi connectivity index (χ0) is 12.3. The van der Waals surface area contributed by atoms with E-state index in [2.05, 4.69) is 42.3 Å². The van der Waals surface area contributed by atoms with Gasteiger partial charge in [-0.15, -0.1) is 11.3 Å². The Kier molecular flexibility index (Phi) is 3.92. The second kappa shape index (κ2) is 5.43. The van der Waals surface area contributed by atoms with Crippen LogP contribution in [0, 0.1) is 13.8 Å². The zero-order valence-corrected chi connectivity index (χ0v) is 11.3. The molecule has 0 bridgehead atoms. The Morgan fingerprint density at radius 2 is 2.18 bits per heavy atom. The number of likely N-dealkylation sites (N-methyl/N-ethyl adjacent to an activating group) is 1. The molecule has 0 aliphatic carbocycles. The highest BCUT2D eigenvalue weighted by Gasteiger charge is 2.13. The predicted octanol–water partition coefficient (Wildman–Crippen LogP) is 3.26. The largest absolute Gasteiger partial charge is 0.313 e. The minimum atomic E-state index is 0.348. The summed E-state index contributed by atoms with van der Waals surface area (Å²) in [5.41, 5.74) is 4.03. The fourth-order valence-electron chi connectivity index (χ4n) is 2.03. The van der Waals surface area contributed by atoms with E-state index in [9.17, 15) is 0 Å². The second-order valence-corrected chi connectivity index (χ2v) is 5.31. The van der Waals surface area contributed by atoms with Crippen LogP contribution < -0.4 is 5.32 Å². The lowest BCUT2D eigenvalue weighted by molar-refractivity contribution is 0.587. The molecule has 1 heterocycles. The normalized spacial score (nSPS) is 12.6. The van der Waals surface area contributed by atoms with Crippen molar-refractivity contribution in [3.63, 3.8) is 0 Å². The number of aromatic nitrogens is 1. The first-order valence-electron chi connectivity index (χ1n) is 5.83. The van der Waals surface area contributed by atoms with Crippen LogP contribution in [0.5, 0.6) is 0 Å². The van der Waals surface area contributed by atoms with Gasteiger partial charge in [0.25, 0.3) is 0 Å². The van der Waals surface area contributed by atoms with Gasteiger partial charge in [-0.25, -0.2) is 4.98 Å². The van der Waals surface area contributed by atoms with Gasteiger partial charge in [0.2, 0.25) is 0 Å². The van der Waals surface area contributed by atoms with E-state index in [1.54, 1.807) is 11.3 Å². The van der Waals surface area contributed by atoms with Gasteiger partial charge < -0.3 is 5.32 Å². The van der Waals surface area contributed by atoms with Gasteiger partial charge in [0.1, 0.15) is 0 Å². The number of rotatable bonds is 4. The van der Waals surface area contributed by atoms with Crippen LogP contribution in [-0.2, 0) is 6.42 Å². The van der Waals surface area contributed by atoms with E-state index in [1.165, 1.54) is 21.7 Å². The van der Waals surface area contributed by atoms with E-state index in [0.717, 1.165) is 6.42 Å². The molecule has 2 nitrogen and oxygen atoms in total. The molecule has 0 amide bonds. The summed E-state index contributed by atoms with van der Waals surface area (Å²) in [5, 5.41) is 6.61. The predicted molar refractivity (Wildman–Crippen MR) is 73.5 cm³/mol. The maximum absolute atomic E-state index is 4.36. The Morgan fingerprint density at radius 3 is 2.82 bits per heavy atom. The molecule has 2 rings (SSSR count). The summed E-state index contributed by atoms with van der Waals surface area (Å²) < 4.78 is 0. The van der Waals surface area contributed by atoms with E-state index in [-0.39, 0.29) is 0 Å². The Labute approximate surface area is 107 Å². The van der Waals surface area contributed by atoms with Gasteiger partial charge in [0.15, 0.2) is 0 Å². The monoisotopic (exact) mass is 246 g/mol. The molecule has 0 radical (unpaired) electrons. The molecule has 1 aromatic carbocycles. The summed E-state index contributed by atoms with van der Waals surface area (Å²) >= 11 is 1.72. The lowest BCUT2D eigenvalue weighted by atomic mass is 9.97. The molecule has 1 N–H and O–H groups in total. The number of hydrogen-bond acceptors (Lipinski definition) is 3. The van der Waals surface area contributed by atoms with Gasteiger partial charge in [0.05, 0.1) is 5.01 Å². The van der Waals surface area contributed by atoms with Crippen LogP contribution in [0.1, 0.15) is 27.7 Å². The maximum atomic E-state index is 4.36. The molecule has 0 aliphatic rings. The second-order valence-electron chi connectivity index (χ2n) is 4.33. The number of thiazole rings is 1. The summed E-state index contributed by atoms with van der Waals surface area (Å²) in [6.07, 6.45) is 2.83. The van der Waals surface area contributed by atoms with Crippen LogP contribution in [0.15, 0.2) is 29.8 Å². The standard InChI is InChI=1S/C14H18N2S/c1-10-4-5-11(2)12(8-10)13(15-3)9-14-16-6-7-17-14/h4-8,13,15H,9H2,1-3H3. The van der Waals surface area contributed by atoms with Crippen molar-refractivity contribution < 1.29 is 0 Å². The molecular weight excluding hydrogens is 228 g/mol. The molecule has 3 heteroatoms. The Hall–Kier alpha value is -1.19. The molecule has 1 aromatic heterocycles. The van der Waals surface area contributed by atoms with Crippen LogP contribution in [0.2, 0.25) is 0 Å². The van der Waals surface area contributed by atoms with Crippen molar-refractivity contribution in [1.29, 1.82) is 0 Å². The van der Waals surface area contributed by atoms with Gasteiger partial charge >= 0.3 is 0 Å². The van der Waals surface area contributed by atoms with Crippen LogP contribution in [0.25, 0.3) is 0 Å². The number of benzene rings is 1. The quantitative estimate of drug-likeness (QED) is 0.895. The van der Waals surface area contributed by atoms with Crippen LogP contribution >= 0.6 is 11.3 Å². The average Bonchev–Trinajstić information content (AvgIpc) is 2.82. The number of hydrogen-bond donors (Lipinski definition) is 1. The molecule has 1 unspecified atom stereocenters. The molecule has 1 atom stereocenters. The van der Waals surface area contributed by atoms with Crippen molar-refractivity contribution >= 4 is 11.3 Å². The van der Waals surface area contributed by atoms with Gasteiger partial charge in [-0.1, -0.05) is 23.8 Å². The topological polar surface area (TPSA) is 24.9 Å². The summed E-state index contributed by atoms with van der Waals surface area (Å²) in [5.74, 6) is 0. The lowest BCUT2D eigenvalue weighted by Crippen LogP contribution is -2.19. The van der Waals surface area contributed by atoms with Crippen molar-refractivity contribution in [3.05, 3.63) is 51.5 Å². The number of nitrogens with zero attached hydrogens (tertiary/aromatic N) is 1. The molecule has 0 fully saturated rings. The minimum Gasteiger partial charge on any atom is -0.313 e. The number of nitrogens with one attached hydrogen (secondary N) is 1. The van der Waals surface area contributed by atoms with Crippen molar-refractivity contribution in [2.45, 2.75) is 26.3 Å². The van der Waals surface area contributed by atoms with Gasteiger partial charge in [-0.05, 0) is 32.0 Å². The Morgan fingerprint density at radius 1 is 1.35 bits per heavy atom. The van der Waals surface area contributed by atoms with Crippen molar-refractivity contribution in [1.82, 2.24) is 10.3 Å². The van der Waals surface area contributed by atoms with Gasteiger partial charge in [0, 0.05) is 24.0 Å². The van der Waals surface area contributed by atoms with Gasteiger partial charge in [-0.2, -0.15) is 0 Å². The average molecular weight is 246 g/mol.